The third-order valence-electron chi connectivity index (χ3n) is 4.40. The van der Waals surface area contributed by atoms with Gasteiger partial charge in [0.05, 0.1) is 40.7 Å². The van der Waals surface area contributed by atoms with Crippen molar-refractivity contribution >= 4 is 64.2 Å². The summed E-state index contributed by atoms with van der Waals surface area (Å²) in [5.74, 6) is -0.410. The number of esters is 1. The quantitative estimate of drug-likeness (QED) is 0.378. The normalized spacial score (nSPS) is 14.6. The zero-order valence-electron chi connectivity index (χ0n) is 17.4. The van der Waals surface area contributed by atoms with Crippen molar-refractivity contribution < 1.29 is 23.8 Å². The summed E-state index contributed by atoms with van der Waals surface area (Å²) in [6, 6.07) is 8.01. The number of hydrazone groups is 1. The summed E-state index contributed by atoms with van der Waals surface area (Å²) < 4.78 is 15.7. The number of hydrogen-bond acceptors (Lipinski definition) is 6. The molecule has 0 unspecified atom stereocenters. The van der Waals surface area contributed by atoms with Crippen LogP contribution >= 0.6 is 34.8 Å². The molecular formula is C22H19Cl3N2O5. The Morgan fingerprint density at radius 1 is 1.16 bits per heavy atom. The largest absolute Gasteiger partial charge is 0.493 e. The third-order valence-corrected chi connectivity index (χ3v) is 5.24. The predicted molar refractivity (Wildman–Crippen MR) is 125 cm³/mol. The van der Waals surface area contributed by atoms with Crippen LogP contribution < -0.4 is 14.5 Å². The second-order valence-electron chi connectivity index (χ2n) is 6.58. The molecule has 0 aromatic heterocycles. The Bertz CT molecular complexity index is 1130. The molecule has 0 bridgehead atoms. The first-order chi connectivity index (χ1) is 15.2. The average molecular weight is 498 g/mol. The second kappa shape index (κ2) is 10.3. The Morgan fingerprint density at radius 3 is 2.59 bits per heavy atom. The van der Waals surface area contributed by atoms with E-state index in [-0.39, 0.29) is 29.9 Å². The van der Waals surface area contributed by atoms with Crippen LogP contribution in [0.4, 0.5) is 5.69 Å². The highest BCUT2D eigenvalue weighted by molar-refractivity contribution is 6.38. The maximum absolute atomic E-state index is 13.0. The summed E-state index contributed by atoms with van der Waals surface area (Å²) in [5.41, 5.74) is 1.79. The Balaban J connectivity index is 1.90. The molecule has 1 aliphatic rings. The fraction of sp³-hybridized carbons (Fsp3) is 0.227. The van der Waals surface area contributed by atoms with Gasteiger partial charge in [0.1, 0.15) is 0 Å². The Kier molecular flexibility index (Phi) is 7.66. The number of anilines is 1. The molecule has 168 valence electrons. The van der Waals surface area contributed by atoms with Crippen LogP contribution in [0.3, 0.4) is 0 Å². The Labute approximate surface area is 200 Å². The van der Waals surface area contributed by atoms with E-state index in [4.69, 9.17) is 49.0 Å². The van der Waals surface area contributed by atoms with Crippen LogP contribution in [-0.2, 0) is 14.3 Å². The number of ether oxygens (including phenoxy) is 3. The van der Waals surface area contributed by atoms with Gasteiger partial charge in [-0.3, -0.25) is 4.79 Å². The number of carbonyl (C=O) groups excluding carboxylic acids is 2. The molecule has 2 aromatic rings. The van der Waals surface area contributed by atoms with Crippen LogP contribution in [0.5, 0.6) is 11.5 Å². The zero-order valence-corrected chi connectivity index (χ0v) is 19.7. The minimum Gasteiger partial charge on any atom is -0.493 e. The molecule has 1 aliphatic heterocycles. The lowest BCUT2D eigenvalue weighted by molar-refractivity contribution is -0.145. The lowest BCUT2D eigenvalue weighted by atomic mass is 10.1. The number of carbonyl (C=O) groups is 2. The van der Waals surface area contributed by atoms with E-state index in [1.807, 2.05) is 0 Å². The molecule has 1 amide bonds. The Morgan fingerprint density at radius 2 is 1.91 bits per heavy atom. The molecule has 0 saturated heterocycles. The van der Waals surface area contributed by atoms with E-state index < -0.39 is 5.97 Å². The van der Waals surface area contributed by atoms with Crippen LogP contribution in [0, 0.1) is 0 Å². The molecule has 10 heteroatoms. The van der Waals surface area contributed by atoms with Gasteiger partial charge in [-0.05, 0) is 55.8 Å². The number of nitrogens with zero attached hydrogens (tertiary/aromatic N) is 2. The average Bonchev–Trinajstić information content (AvgIpc) is 3.02. The highest BCUT2D eigenvalue weighted by Gasteiger charge is 2.30. The number of halogens is 3. The summed E-state index contributed by atoms with van der Waals surface area (Å²) in [4.78, 5) is 24.6. The maximum Gasteiger partial charge on any atom is 0.344 e. The summed E-state index contributed by atoms with van der Waals surface area (Å²) in [5, 5.41) is 6.49. The Hall–Kier alpha value is -2.74. The zero-order chi connectivity index (χ0) is 23.4. The first kappa shape index (κ1) is 23.9. The summed E-state index contributed by atoms with van der Waals surface area (Å²) >= 11 is 18.6. The van der Waals surface area contributed by atoms with E-state index in [0.717, 1.165) is 0 Å². The van der Waals surface area contributed by atoms with Crippen molar-refractivity contribution in [2.75, 3.05) is 25.3 Å². The van der Waals surface area contributed by atoms with Gasteiger partial charge in [0.2, 0.25) is 0 Å². The van der Waals surface area contributed by atoms with Gasteiger partial charge in [-0.15, -0.1) is 0 Å². The minimum atomic E-state index is -0.528. The molecule has 32 heavy (non-hydrogen) atoms. The third kappa shape index (κ3) is 5.18. The van der Waals surface area contributed by atoms with Crippen LogP contribution in [0.15, 0.2) is 41.0 Å². The van der Waals surface area contributed by atoms with Gasteiger partial charge >= 0.3 is 5.97 Å². The predicted octanol–water partition coefficient (Wildman–Crippen LogP) is 5.40. The fourth-order valence-corrected chi connectivity index (χ4v) is 3.60. The summed E-state index contributed by atoms with van der Waals surface area (Å²) in [7, 11) is 1.44. The maximum atomic E-state index is 13.0. The first-order valence-corrected chi connectivity index (χ1v) is 10.6. The van der Waals surface area contributed by atoms with Crippen molar-refractivity contribution in [3.05, 3.63) is 56.5 Å². The SMILES string of the molecule is CCOC(=O)COc1c(Cl)cc(/C=C2\C(=O)N(c3cc(Cl)ccc3Cl)N=C2C)cc1OC. The minimum absolute atomic E-state index is 0.194. The molecule has 0 atom stereocenters. The number of benzene rings is 2. The molecule has 0 fully saturated rings. The lowest BCUT2D eigenvalue weighted by Crippen LogP contribution is -2.21. The standard InChI is InChI=1S/C22H19Cl3N2O5/c1-4-31-20(28)11-32-21-17(25)8-13(9-19(21)30-3)7-15-12(2)26-27(22(15)29)18-10-14(23)5-6-16(18)24/h5-10H,4,11H2,1-3H3/b15-7-. The smallest absolute Gasteiger partial charge is 0.344 e. The van der Waals surface area contributed by atoms with Gasteiger partial charge in [-0.25, -0.2) is 4.79 Å². The molecule has 0 radical (unpaired) electrons. The first-order valence-electron chi connectivity index (χ1n) is 9.47. The molecular weight excluding hydrogens is 479 g/mol. The topological polar surface area (TPSA) is 77.4 Å². The van der Waals surface area contributed by atoms with Crippen molar-refractivity contribution in [2.45, 2.75) is 13.8 Å². The van der Waals surface area contributed by atoms with Crippen LogP contribution in [0.25, 0.3) is 6.08 Å². The van der Waals surface area contributed by atoms with E-state index in [1.54, 1.807) is 50.3 Å². The van der Waals surface area contributed by atoms with Crippen LogP contribution in [-0.4, -0.2) is 37.9 Å². The van der Waals surface area contributed by atoms with Crippen LogP contribution in [0.1, 0.15) is 19.4 Å². The van der Waals surface area contributed by atoms with E-state index in [9.17, 15) is 9.59 Å². The van der Waals surface area contributed by atoms with E-state index in [1.165, 1.54) is 12.1 Å². The molecule has 0 aliphatic carbocycles. The second-order valence-corrected chi connectivity index (χ2v) is 7.83. The monoisotopic (exact) mass is 496 g/mol. The number of hydrogen-bond donors (Lipinski definition) is 0. The molecule has 7 nitrogen and oxygen atoms in total. The van der Waals surface area contributed by atoms with Gasteiger partial charge in [0.15, 0.2) is 18.1 Å². The van der Waals surface area contributed by atoms with Crippen molar-refractivity contribution in [1.29, 1.82) is 0 Å². The fourth-order valence-electron chi connectivity index (χ4n) is 2.96. The summed E-state index contributed by atoms with van der Waals surface area (Å²) in [6.45, 7) is 3.33. The molecule has 0 saturated carbocycles. The van der Waals surface area contributed by atoms with E-state index >= 15 is 0 Å². The molecule has 0 N–H and O–H groups in total. The van der Waals surface area contributed by atoms with E-state index in [0.29, 0.717) is 38.3 Å². The van der Waals surface area contributed by atoms with Crippen molar-refractivity contribution in [2.24, 2.45) is 5.10 Å². The molecule has 2 aromatic carbocycles. The number of rotatable bonds is 7. The molecule has 0 spiro atoms. The van der Waals surface area contributed by atoms with Crippen molar-refractivity contribution in [3.63, 3.8) is 0 Å². The molecule has 3 rings (SSSR count). The van der Waals surface area contributed by atoms with Gasteiger partial charge in [0.25, 0.3) is 5.91 Å². The van der Waals surface area contributed by atoms with Crippen LogP contribution in [0.2, 0.25) is 15.1 Å². The molecule has 1 heterocycles. The number of methoxy groups -OCH3 is 1. The van der Waals surface area contributed by atoms with Gasteiger partial charge < -0.3 is 14.2 Å². The summed E-state index contributed by atoms with van der Waals surface area (Å²) in [6.07, 6.45) is 1.63. The highest BCUT2D eigenvalue weighted by atomic mass is 35.5. The lowest BCUT2D eigenvalue weighted by Gasteiger charge is -2.14. The van der Waals surface area contributed by atoms with Gasteiger partial charge in [0, 0.05) is 5.02 Å². The highest BCUT2D eigenvalue weighted by Crippen LogP contribution is 2.38. The van der Waals surface area contributed by atoms with Crippen molar-refractivity contribution in [1.82, 2.24) is 0 Å². The van der Waals surface area contributed by atoms with Gasteiger partial charge in [-0.2, -0.15) is 10.1 Å². The van der Waals surface area contributed by atoms with Gasteiger partial charge in [-0.1, -0.05) is 34.8 Å². The van der Waals surface area contributed by atoms with E-state index in [2.05, 4.69) is 5.10 Å². The number of amides is 1. The van der Waals surface area contributed by atoms with Crippen molar-refractivity contribution in [3.8, 4) is 11.5 Å².